The highest BCUT2D eigenvalue weighted by molar-refractivity contribution is 7.92. The second-order valence-corrected chi connectivity index (χ2v) is 13.7. The summed E-state index contributed by atoms with van der Waals surface area (Å²) in [6.07, 6.45) is -1.66. The number of carbonyl (C=O) groups is 1. The van der Waals surface area contributed by atoms with Crippen molar-refractivity contribution in [2.75, 3.05) is 25.5 Å². The predicted octanol–water partition coefficient (Wildman–Crippen LogP) is 2.75. The average molecular weight is 601 g/mol. The van der Waals surface area contributed by atoms with Crippen molar-refractivity contribution < 1.29 is 32.5 Å². The fourth-order valence-corrected chi connectivity index (χ4v) is 7.04. The lowest BCUT2D eigenvalue weighted by atomic mass is 9.88. The minimum absolute atomic E-state index is 0.0645. The van der Waals surface area contributed by atoms with Crippen LogP contribution in [0.5, 0.6) is 0 Å². The van der Waals surface area contributed by atoms with Crippen molar-refractivity contribution in [2.45, 2.75) is 74.3 Å². The zero-order valence-electron chi connectivity index (χ0n) is 23.9. The number of carbonyl (C=O) groups excluding carboxylic acids is 1. The Hall–Kier alpha value is -3.21. The van der Waals surface area contributed by atoms with Crippen LogP contribution in [0.3, 0.4) is 0 Å². The van der Waals surface area contributed by atoms with Crippen LogP contribution < -0.4 is 16.4 Å². The van der Waals surface area contributed by atoms with Gasteiger partial charge in [-0.05, 0) is 48.4 Å². The second kappa shape index (κ2) is 13.8. The van der Waals surface area contributed by atoms with E-state index in [0.29, 0.717) is 25.9 Å². The van der Waals surface area contributed by atoms with Crippen LogP contribution in [0.25, 0.3) is 0 Å². The van der Waals surface area contributed by atoms with E-state index in [1.807, 2.05) is 44.2 Å². The number of aliphatic hydroxyl groups is 1. The lowest BCUT2D eigenvalue weighted by molar-refractivity contribution is -0.0907. The fraction of sp³-hybridized carbons (Fsp3) is 0.533. The molecule has 0 saturated carbocycles. The molecule has 11 nitrogen and oxygen atoms in total. The highest BCUT2D eigenvalue weighted by Crippen LogP contribution is 2.33. The molecule has 0 bridgehead atoms. The number of nitrogens with one attached hydrogen (secondary N) is 2. The summed E-state index contributed by atoms with van der Waals surface area (Å²) in [5.74, 6) is -0.0813. The highest BCUT2D eigenvalue weighted by atomic mass is 32.2. The first kappa shape index (κ1) is 31.7. The molecular formula is C30H40N4O7S. The minimum Gasteiger partial charge on any atom is -0.443 e. The van der Waals surface area contributed by atoms with Crippen molar-refractivity contribution in [3.05, 3.63) is 60.2 Å². The van der Waals surface area contributed by atoms with Gasteiger partial charge >= 0.3 is 6.09 Å². The van der Waals surface area contributed by atoms with Crippen molar-refractivity contribution in [1.82, 2.24) is 10.6 Å². The average Bonchev–Trinajstić information content (AvgIpc) is 3.57. The first-order valence-corrected chi connectivity index (χ1v) is 15.7. The normalized spacial score (nSPS) is 22.5. The molecule has 1 amide bonds. The number of ether oxygens (including phenoxy) is 3. The van der Waals surface area contributed by atoms with E-state index < -0.39 is 51.3 Å². The number of hydrogen-bond donors (Lipinski definition) is 4. The lowest BCUT2D eigenvalue weighted by Gasteiger charge is -2.34. The lowest BCUT2D eigenvalue weighted by Crippen LogP contribution is -2.58. The maximum atomic E-state index is 14.0. The van der Waals surface area contributed by atoms with Gasteiger partial charge in [0.1, 0.15) is 17.6 Å². The van der Waals surface area contributed by atoms with E-state index in [4.69, 9.17) is 25.2 Å². The van der Waals surface area contributed by atoms with E-state index in [1.54, 1.807) is 6.07 Å². The minimum atomic E-state index is -4.21. The van der Waals surface area contributed by atoms with Crippen molar-refractivity contribution in [3.63, 3.8) is 0 Å². The first-order valence-electron chi connectivity index (χ1n) is 14.1. The van der Waals surface area contributed by atoms with Crippen molar-refractivity contribution >= 4 is 21.6 Å². The number of sulfone groups is 1. The van der Waals surface area contributed by atoms with E-state index in [0.717, 1.165) is 5.56 Å². The summed E-state index contributed by atoms with van der Waals surface area (Å²) in [6.45, 7) is 4.72. The molecule has 2 aromatic rings. The Balaban J connectivity index is 1.61. The Morgan fingerprint density at radius 1 is 1.21 bits per heavy atom. The number of nitrogens with zero attached hydrogens (tertiary/aromatic N) is 1. The number of benzene rings is 2. The van der Waals surface area contributed by atoms with E-state index in [9.17, 15) is 18.3 Å². The summed E-state index contributed by atoms with van der Waals surface area (Å²) in [6, 6.07) is 16.1. The van der Waals surface area contributed by atoms with Gasteiger partial charge in [0.2, 0.25) is 0 Å². The molecule has 228 valence electrons. The fourth-order valence-electron chi connectivity index (χ4n) is 5.32. The Morgan fingerprint density at radius 2 is 1.98 bits per heavy atom. The molecule has 2 saturated heterocycles. The monoisotopic (exact) mass is 600 g/mol. The van der Waals surface area contributed by atoms with Crippen LogP contribution in [-0.4, -0.2) is 69.3 Å². The number of fused-ring (bicyclic) bond motifs is 1. The van der Waals surface area contributed by atoms with Gasteiger partial charge in [0, 0.05) is 18.7 Å². The molecule has 12 heteroatoms. The predicted molar refractivity (Wildman–Crippen MR) is 156 cm³/mol. The molecule has 5 N–H and O–H groups in total. The quantitative estimate of drug-likeness (QED) is 0.250. The van der Waals surface area contributed by atoms with Crippen molar-refractivity contribution in [2.24, 2.45) is 11.3 Å². The molecule has 0 spiro atoms. The smallest absolute Gasteiger partial charge is 0.407 e. The summed E-state index contributed by atoms with van der Waals surface area (Å²) >= 11 is 0. The van der Waals surface area contributed by atoms with Crippen molar-refractivity contribution in [3.8, 4) is 6.07 Å². The first-order chi connectivity index (χ1) is 20.0. The summed E-state index contributed by atoms with van der Waals surface area (Å²) in [7, 11) is -4.21. The Labute approximate surface area is 247 Å². The molecule has 2 fully saturated rings. The molecule has 6 atom stereocenters. The van der Waals surface area contributed by atoms with Gasteiger partial charge in [0.25, 0.3) is 0 Å². The number of nitriles is 1. The van der Waals surface area contributed by atoms with Gasteiger partial charge in [-0.1, -0.05) is 50.2 Å². The van der Waals surface area contributed by atoms with Gasteiger partial charge in [0.05, 0.1) is 36.1 Å². The van der Waals surface area contributed by atoms with E-state index in [-0.39, 0.29) is 36.1 Å². The topological polar surface area (TPSA) is 173 Å². The summed E-state index contributed by atoms with van der Waals surface area (Å²) < 4.78 is 44.8. The molecule has 0 aliphatic carbocycles. The molecule has 4 rings (SSSR count). The number of hydrogen-bond acceptors (Lipinski definition) is 10. The number of rotatable bonds is 13. The third-order valence-corrected chi connectivity index (χ3v) is 9.81. The van der Waals surface area contributed by atoms with Crippen LogP contribution in [0.15, 0.2) is 59.5 Å². The van der Waals surface area contributed by atoms with Gasteiger partial charge < -0.3 is 30.4 Å². The molecular weight excluding hydrogens is 560 g/mol. The molecule has 2 heterocycles. The molecule has 2 aliphatic heterocycles. The van der Waals surface area contributed by atoms with E-state index >= 15 is 0 Å². The van der Waals surface area contributed by atoms with Crippen LogP contribution in [0.4, 0.5) is 10.5 Å². The summed E-state index contributed by atoms with van der Waals surface area (Å²) in [4.78, 5) is 13.1. The molecule has 2 aromatic carbocycles. The Morgan fingerprint density at radius 3 is 2.69 bits per heavy atom. The largest absolute Gasteiger partial charge is 0.443 e. The Bertz CT molecular complexity index is 1350. The van der Waals surface area contributed by atoms with Crippen LogP contribution in [0, 0.1) is 22.7 Å². The zero-order valence-corrected chi connectivity index (χ0v) is 24.8. The Kier molecular flexibility index (Phi) is 10.5. The van der Waals surface area contributed by atoms with Gasteiger partial charge in [-0.15, -0.1) is 0 Å². The van der Waals surface area contributed by atoms with Gasteiger partial charge in [0.15, 0.2) is 16.1 Å². The van der Waals surface area contributed by atoms with Gasteiger partial charge in [-0.3, -0.25) is 5.32 Å². The number of amides is 1. The molecule has 0 radical (unpaired) electrons. The van der Waals surface area contributed by atoms with Gasteiger partial charge in [-0.2, -0.15) is 5.26 Å². The maximum absolute atomic E-state index is 14.0. The van der Waals surface area contributed by atoms with E-state index in [1.165, 1.54) is 18.2 Å². The number of nitrogens with two attached hydrogens (primary N) is 1. The number of aliphatic hydroxyl groups excluding tert-OH is 1. The second-order valence-electron chi connectivity index (χ2n) is 11.6. The summed E-state index contributed by atoms with van der Waals surface area (Å²) in [5.41, 5.74) is 6.49. The zero-order chi connectivity index (χ0) is 30.3. The van der Waals surface area contributed by atoms with Crippen LogP contribution in [-0.2, 0) is 30.5 Å². The number of alkyl carbamates (subject to hydrolysis) is 1. The SMILES string of the molecule is CC(C)(CCC#N)CNC([C@H](O)[C@H](Cc1ccccc1)NC(=O)O[C@H]1CO[C@H]2OCC[C@H]21)S(=O)(=O)c1cccc(N)c1. The standard InChI is InChI=1S/C30H40N4O7S/c1-30(2,13-7-14-31)19-33-27(42(37,38)22-11-6-10-21(32)17-22)26(35)24(16-20-8-4-3-5-9-20)34-29(36)41-25-18-40-28-23(25)12-15-39-28/h3-6,8-11,17,23-28,33,35H,7,12-13,15-16,18-19,32H2,1-2H3,(H,34,36)/t23-,24-,25-,26+,27?,28+/m0/s1. The highest BCUT2D eigenvalue weighted by Gasteiger charge is 2.45. The third kappa shape index (κ3) is 7.99. The molecule has 1 unspecified atom stereocenters. The summed E-state index contributed by atoms with van der Waals surface area (Å²) in [5, 5.41) is 25.1. The van der Waals surface area contributed by atoms with E-state index in [2.05, 4.69) is 16.7 Å². The number of nitrogen functional groups attached to an aromatic ring is 1. The molecule has 42 heavy (non-hydrogen) atoms. The third-order valence-electron chi connectivity index (χ3n) is 7.78. The van der Waals surface area contributed by atoms with Crippen LogP contribution in [0.1, 0.15) is 38.7 Å². The van der Waals surface area contributed by atoms with Gasteiger partial charge in [-0.25, -0.2) is 13.2 Å². The van der Waals surface area contributed by atoms with Crippen LogP contribution >= 0.6 is 0 Å². The number of anilines is 1. The maximum Gasteiger partial charge on any atom is 0.407 e. The molecule has 0 aromatic heterocycles. The van der Waals surface area contributed by atoms with Crippen molar-refractivity contribution in [1.29, 1.82) is 5.26 Å². The van der Waals surface area contributed by atoms with Crippen LogP contribution in [0.2, 0.25) is 0 Å². The molecule has 2 aliphatic rings.